The summed E-state index contributed by atoms with van der Waals surface area (Å²) in [6, 6.07) is 8.82. The lowest BCUT2D eigenvalue weighted by Crippen LogP contribution is -2.42. The van der Waals surface area contributed by atoms with Crippen LogP contribution in [0.3, 0.4) is 0 Å². The summed E-state index contributed by atoms with van der Waals surface area (Å²) < 4.78 is 0. The average Bonchev–Trinajstić information content (AvgIpc) is 3.25. The molecule has 1 saturated heterocycles. The summed E-state index contributed by atoms with van der Waals surface area (Å²) >= 11 is 1.32. The molecule has 2 heterocycles. The van der Waals surface area contributed by atoms with E-state index in [1.807, 2.05) is 51.1 Å². The third kappa shape index (κ3) is 5.17. The number of carbonyl (C=O) groups excluding carboxylic acids is 3. The number of para-hydroxylation sites is 1. The van der Waals surface area contributed by atoms with Crippen molar-refractivity contribution >= 4 is 39.9 Å². The van der Waals surface area contributed by atoms with E-state index in [2.05, 4.69) is 20.8 Å². The van der Waals surface area contributed by atoms with Gasteiger partial charge in [0.25, 0.3) is 0 Å². The SMILES string of the molecule is CC(C)c1nnc(NC(=O)CCC(=O)N[C@H]2C[C@@H](C)N(c3ccccc3)C2=O)s1. The first-order valence-electron chi connectivity index (χ1n) is 9.66. The van der Waals surface area contributed by atoms with Crippen LogP contribution in [-0.2, 0) is 14.4 Å². The van der Waals surface area contributed by atoms with Gasteiger partial charge in [-0.05, 0) is 25.5 Å². The van der Waals surface area contributed by atoms with Gasteiger partial charge in [-0.3, -0.25) is 14.4 Å². The quantitative estimate of drug-likeness (QED) is 0.723. The van der Waals surface area contributed by atoms with Crippen molar-refractivity contribution in [1.29, 1.82) is 0 Å². The number of amides is 3. The Balaban J connectivity index is 1.48. The highest BCUT2D eigenvalue weighted by atomic mass is 32.1. The van der Waals surface area contributed by atoms with Gasteiger partial charge in [-0.15, -0.1) is 10.2 Å². The molecule has 1 fully saturated rings. The topological polar surface area (TPSA) is 104 Å². The molecule has 1 aromatic carbocycles. The molecule has 0 spiro atoms. The normalized spacial score (nSPS) is 18.9. The summed E-state index contributed by atoms with van der Waals surface area (Å²) in [5, 5.41) is 14.6. The van der Waals surface area contributed by atoms with Crippen LogP contribution in [0.4, 0.5) is 10.8 Å². The number of hydrogen-bond acceptors (Lipinski definition) is 6. The van der Waals surface area contributed by atoms with E-state index in [1.165, 1.54) is 11.3 Å². The number of anilines is 2. The Morgan fingerprint density at radius 2 is 1.86 bits per heavy atom. The van der Waals surface area contributed by atoms with Crippen molar-refractivity contribution in [2.75, 3.05) is 10.2 Å². The molecule has 154 valence electrons. The number of hydrogen-bond donors (Lipinski definition) is 2. The molecule has 1 aromatic heterocycles. The maximum Gasteiger partial charge on any atom is 0.249 e. The van der Waals surface area contributed by atoms with Crippen LogP contribution in [0.2, 0.25) is 0 Å². The number of carbonyl (C=O) groups is 3. The van der Waals surface area contributed by atoms with Gasteiger partial charge in [0, 0.05) is 30.5 Å². The van der Waals surface area contributed by atoms with Crippen molar-refractivity contribution in [3.8, 4) is 0 Å². The van der Waals surface area contributed by atoms with Crippen LogP contribution in [-0.4, -0.2) is 40.0 Å². The highest BCUT2D eigenvalue weighted by Gasteiger charge is 2.38. The Labute approximate surface area is 173 Å². The molecule has 1 aliphatic rings. The van der Waals surface area contributed by atoms with E-state index in [0.717, 1.165) is 10.7 Å². The van der Waals surface area contributed by atoms with Gasteiger partial charge in [0.2, 0.25) is 22.9 Å². The highest BCUT2D eigenvalue weighted by Crippen LogP contribution is 2.26. The number of rotatable bonds is 7. The van der Waals surface area contributed by atoms with Crippen LogP contribution >= 0.6 is 11.3 Å². The van der Waals surface area contributed by atoms with Gasteiger partial charge in [0.05, 0.1) is 0 Å². The molecular formula is C20H25N5O3S. The molecule has 2 atom stereocenters. The van der Waals surface area contributed by atoms with Crippen molar-refractivity contribution in [2.24, 2.45) is 0 Å². The number of aromatic nitrogens is 2. The Morgan fingerprint density at radius 1 is 1.17 bits per heavy atom. The van der Waals surface area contributed by atoms with Gasteiger partial charge in [-0.2, -0.15) is 0 Å². The van der Waals surface area contributed by atoms with Crippen LogP contribution in [0, 0.1) is 0 Å². The highest BCUT2D eigenvalue weighted by molar-refractivity contribution is 7.15. The zero-order valence-corrected chi connectivity index (χ0v) is 17.5. The molecule has 29 heavy (non-hydrogen) atoms. The number of benzene rings is 1. The number of nitrogens with one attached hydrogen (secondary N) is 2. The molecule has 0 unspecified atom stereocenters. The Hall–Kier alpha value is -2.81. The van der Waals surface area contributed by atoms with E-state index >= 15 is 0 Å². The molecule has 0 aliphatic carbocycles. The summed E-state index contributed by atoms with van der Waals surface area (Å²) in [4.78, 5) is 38.7. The average molecular weight is 416 g/mol. The van der Waals surface area contributed by atoms with Crippen LogP contribution in [0.25, 0.3) is 0 Å². The third-order valence-electron chi connectivity index (χ3n) is 4.68. The molecule has 3 amide bonds. The molecular weight excluding hydrogens is 390 g/mol. The zero-order chi connectivity index (χ0) is 21.0. The van der Waals surface area contributed by atoms with Gasteiger partial charge in [0.15, 0.2) is 0 Å². The smallest absolute Gasteiger partial charge is 0.249 e. The predicted molar refractivity (Wildman–Crippen MR) is 112 cm³/mol. The second-order valence-corrected chi connectivity index (χ2v) is 8.41. The molecule has 0 bridgehead atoms. The van der Waals surface area contributed by atoms with Gasteiger partial charge in [-0.1, -0.05) is 43.4 Å². The minimum absolute atomic E-state index is 0.00513. The lowest BCUT2D eigenvalue weighted by molar-refractivity contribution is -0.127. The largest absolute Gasteiger partial charge is 0.344 e. The van der Waals surface area contributed by atoms with Crippen molar-refractivity contribution in [2.45, 2.75) is 58.0 Å². The molecule has 2 N–H and O–H groups in total. The summed E-state index contributed by atoms with van der Waals surface area (Å²) in [7, 11) is 0. The maximum absolute atomic E-state index is 12.7. The summed E-state index contributed by atoms with van der Waals surface area (Å²) in [6.45, 7) is 5.96. The van der Waals surface area contributed by atoms with Gasteiger partial charge in [-0.25, -0.2) is 0 Å². The lowest BCUT2D eigenvalue weighted by Gasteiger charge is -2.21. The van der Waals surface area contributed by atoms with E-state index < -0.39 is 6.04 Å². The second kappa shape index (κ2) is 9.13. The van der Waals surface area contributed by atoms with Crippen LogP contribution in [0.5, 0.6) is 0 Å². The molecule has 1 aliphatic heterocycles. The summed E-state index contributed by atoms with van der Waals surface area (Å²) in [6.07, 6.45) is 0.556. The molecule has 0 radical (unpaired) electrons. The standard InChI is InChI=1S/C20H25N5O3S/c1-12(2)18-23-24-20(29-18)22-17(27)10-9-16(26)21-15-11-13(3)25(19(15)28)14-7-5-4-6-8-14/h4-8,12-13,15H,9-11H2,1-3H3,(H,21,26)(H,22,24,27)/t13-,15+/m1/s1. The third-order valence-corrected chi connectivity index (χ3v) is 5.82. The van der Waals surface area contributed by atoms with Gasteiger partial charge < -0.3 is 15.5 Å². The summed E-state index contributed by atoms with van der Waals surface area (Å²) in [5.41, 5.74) is 0.818. The number of nitrogens with zero attached hydrogens (tertiary/aromatic N) is 3. The van der Waals surface area contributed by atoms with Crippen molar-refractivity contribution < 1.29 is 14.4 Å². The van der Waals surface area contributed by atoms with E-state index in [4.69, 9.17) is 0 Å². The minimum atomic E-state index is -0.572. The van der Waals surface area contributed by atoms with Crippen LogP contribution < -0.4 is 15.5 Å². The Kier molecular flexibility index (Phi) is 6.58. The van der Waals surface area contributed by atoms with E-state index in [0.29, 0.717) is 11.6 Å². The van der Waals surface area contributed by atoms with Gasteiger partial charge >= 0.3 is 0 Å². The maximum atomic E-state index is 12.7. The van der Waals surface area contributed by atoms with Crippen molar-refractivity contribution in [3.05, 3.63) is 35.3 Å². The van der Waals surface area contributed by atoms with E-state index in [-0.39, 0.29) is 42.5 Å². The predicted octanol–water partition coefficient (Wildman–Crippen LogP) is 2.69. The van der Waals surface area contributed by atoms with Crippen LogP contribution in [0.1, 0.15) is 51.0 Å². The molecule has 0 saturated carbocycles. The minimum Gasteiger partial charge on any atom is -0.344 e. The van der Waals surface area contributed by atoms with Crippen molar-refractivity contribution in [3.63, 3.8) is 0 Å². The fraction of sp³-hybridized carbons (Fsp3) is 0.450. The molecule has 3 rings (SSSR count). The molecule has 2 aromatic rings. The summed E-state index contributed by atoms with van der Waals surface area (Å²) in [5.74, 6) is -0.508. The fourth-order valence-electron chi connectivity index (χ4n) is 3.22. The van der Waals surface area contributed by atoms with Crippen LogP contribution in [0.15, 0.2) is 30.3 Å². The first-order chi connectivity index (χ1) is 13.8. The zero-order valence-electron chi connectivity index (χ0n) is 16.7. The van der Waals surface area contributed by atoms with Crippen molar-refractivity contribution in [1.82, 2.24) is 15.5 Å². The first-order valence-corrected chi connectivity index (χ1v) is 10.5. The van der Waals surface area contributed by atoms with Gasteiger partial charge in [0.1, 0.15) is 11.0 Å². The second-order valence-electron chi connectivity index (χ2n) is 7.40. The molecule has 9 heteroatoms. The molecule has 8 nitrogen and oxygen atoms in total. The van der Waals surface area contributed by atoms with E-state index in [9.17, 15) is 14.4 Å². The fourth-order valence-corrected chi connectivity index (χ4v) is 3.98. The first kappa shape index (κ1) is 20.9. The Morgan fingerprint density at radius 3 is 2.52 bits per heavy atom. The monoisotopic (exact) mass is 415 g/mol. The van der Waals surface area contributed by atoms with E-state index in [1.54, 1.807) is 4.90 Å². The lowest BCUT2D eigenvalue weighted by atomic mass is 10.1. The Bertz CT molecular complexity index is 883.